The van der Waals surface area contributed by atoms with Crippen LogP contribution in [0.1, 0.15) is 16.7 Å². The highest BCUT2D eigenvalue weighted by molar-refractivity contribution is 8.26. The summed E-state index contributed by atoms with van der Waals surface area (Å²) in [5, 5.41) is 16.5. The molecule has 3 saturated heterocycles. The molecule has 2 aromatic heterocycles. The fourth-order valence-corrected chi connectivity index (χ4v) is 7.54. The number of hydrogen-bond acceptors (Lipinski definition) is 13. The number of rotatable bonds is 3. The Morgan fingerprint density at radius 3 is 1.70 bits per heavy atom. The van der Waals surface area contributed by atoms with Crippen molar-refractivity contribution in [1.82, 2.24) is 25.9 Å². The first kappa shape index (κ1) is 35.6. The van der Waals surface area contributed by atoms with E-state index in [0.29, 0.717) is 30.5 Å². The lowest BCUT2D eigenvalue weighted by atomic mass is 10.1. The van der Waals surface area contributed by atoms with Gasteiger partial charge in [-0.1, -0.05) is 54.3 Å². The zero-order chi connectivity index (χ0) is 36.9. The monoisotopic (exact) mass is 776 g/mol. The molecule has 4 aliphatic rings. The van der Waals surface area contributed by atoms with E-state index < -0.39 is 0 Å². The Hall–Kier alpha value is -5.81. The van der Waals surface area contributed by atoms with Gasteiger partial charge in [0.2, 0.25) is 6.79 Å². The zero-order valence-corrected chi connectivity index (χ0v) is 30.3. The minimum atomic E-state index is -0.337. The van der Waals surface area contributed by atoms with Crippen LogP contribution in [0.3, 0.4) is 0 Å². The molecule has 3 fully saturated rings. The molecule has 0 radical (unpaired) electrons. The molecule has 9 rings (SSSR count). The van der Waals surface area contributed by atoms with Crippen LogP contribution in [-0.4, -0.2) is 49.2 Å². The largest absolute Gasteiger partial charge is 0.454 e. The zero-order valence-electron chi connectivity index (χ0n) is 27.1. The number of thioether (sulfide) groups is 3. The predicted octanol–water partition coefficient (Wildman–Crippen LogP) is 6.84. The smallest absolute Gasteiger partial charge is 0.290 e. The number of nitrogens with one attached hydrogen (secondary N) is 4. The molecule has 262 valence electrons. The second-order valence-corrected chi connectivity index (χ2v) is 14.9. The van der Waals surface area contributed by atoms with E-state index in [-0.39, 0.29) is 34.9 Å². The van der Waals surface area contributed by atoms with Crippen molar-refractivity contribution in [3.8, 4) is 11.5 Å². The molecule has 0 atom stereocenters. The van der Waals surface area contributed by atoms with Gasteiger partial charge in [-0.05, 0) is 107 Å². The van der Waals surface area contributed by atoms with E-state index in [9.17, 15) is 19.2 Å². The van der Waals surface area contributed by atoms with Crippen molar-refractivity contribution < 1.29 is 28.7 Å². The van der Waals surface area contributed by atoms with Crippen LogP contribution in [-0.2, 0) is 14.4 Å². The lowest BCUT2D eigenvalue weighted by Crippen LogP contribution is -2.18. The third-order valence-electron chi connectivity index (χ3n) is 7.49. The third kappa shape index (κ3) is 8.81. The van der Waals surface area contributed by atoms with Crippen molar-refractivity contribution in [1.29, 1.82) is 5.41 Å². The average molecular weight is 777 g/mol. The summed E-state index contributed by atoms with van der Waals surface area (Å²) >= 11 is 8.27. The summed E-state index contributed by atoms with van der Waals surface area (Å²) in [6.07, 6.45) is 8.77. The second kappa shape index (κ2) is 15.8. The Kier molecular flexibility index (Phi) is 10.6. The lowest BCUT2D eigenvalue weighted by molar-refractivity contribution is -0.116. The van der Waals surface area contributed by atoms with Crippen LogP contribution in [0.5, 0.6) is 11.5 Å². The Morgan fingerprint density at radius 1 is 0.623 bits per heavy atom. The minimum absolute atomic E-state index is 0.128. The van der Waals surface area contributed by atoms with E-state index in [1.165, 1.54) is 11.8 Å². The van der Waals surface area contributed by atoms with E-state index in [1.54, 1.807) is 30.6 Å². The molecular formula is C37H24N6O6S4. The van der Waals surface area contributed by atoms with Gasteiger partial charge in [-0.2, -0.15) is 0 Å². The summed E-state index contributed by atoms with van der Waals surface area (Å²) in [6, 6.07) is 24.8. The Bertz CT molecular complexity index is 2360. The highest BCUT2D eigenvalue weighted by atomic mass is 32.2. The number of fused-ring (bicyclic) bond motifs is 3. The van der Waals surface area contributed by atoms with Crippen LogP contribution in [0.15, 0.2) is 106 Å². The van der Waals surface area contributed by atoms with Crippen molar-refractivity contribution in [2.45, 2.75) is 0 Å². The van der Waals surface area contributed by atoms with E-state index in [4.69, 9.17) is 27.1 Å². The molecule has 0 saturated carbocycles. The van der Waals surface area contributed by atoms with Crippen LogP contribution in [0.4, 0.5) is 4.79 Å². The van der Waals surface area contributed by atoms with Crippen LogP contribution in [0.2, 0.25) is 0 Å². The van der Waals surface area contributed by atoms with Gasteiger partial charge in [-0.25, -0.2) is 0 Å². The maximum atomic E-state index is 11.6. The van der Waals surface area contributed by atoms with Crippen LogP contribution < -0.4 is 25.4 Å². The second-order valence-electron chi connectivity index (χ2n) is 11.1. The number of imide groups is 1. The number of nitrogens with zero attached hydrogens (tertiary/aromatic N) is 2. The number of aromatic nitrogens is 2. The fraction of sp³-hybridized carbons (Fsp3) is 0.0270. The molecule has 16 heteroatoms. The van der Waals surface area contributed by atoms with Crippen molar-refractivity contribution in [2.75, 3.05) is 6.79 Å². The molecule has 4 amide bonds. The number of amidine groups is 1. The van der Waals surface area contributed by atoms with Gasteiger partial charge in [0.25, 0.3) is 23.0 Å². The first-order chi connectivity index (χ1) is 25.7. The molecule has 4 N–H and O–H groups in total. The first-order valence-electron chi connectivity index (χ1n) is 15.6. The normalized spacial score (nSPS) is 18.2. The number of carbonyl (C=O) groups excluding carboxylic acids is 4. The van der Waals surface area contributed by atoms with Gasteiger partial charge in [0.1, 0.15) is 4.32 Å². The molecule has 5 aromatic rings. The molecular weight excluding hydrogens is 753 g/mol. The van der Waals surface area contributed by atoms with Crippen LogP contribution >= 0.6 is 47.5 Å². The number of amides is 4. The number of thiocarbonyl (C=S) groups is 1. The molecule has 0 unspecified atom stereocenters. The van der Waals surface area contributed by atoms with Gasteiger partial charge in [0.05, 0.1) is 25.7 Å². The molecule has 0 bridgehead atoms. The van der Waals surface area contributed by atoms with Crippen molar-refractivity contribution in [2.24, 2.45) is 0 Å². The molecule has 6 heterocycles. The van der Waals surface area contributed by atoms with E-state index in [2.05, 4.69) is 25.9 Å². The molecule has 53 heavy (non-hydrogen) atoms. The quantitative estimate of drug-likeness (QED) is 0.111. The maximum Gasteiger partial charge on any atom is 0.290 e. The van der Waals surface area contributed by atoms with Crippen molar-refractivity contribution in [3.05, 3.63) is 123 Å². The lowest BCUT2D eigenvalue weighted by Gasteiger charge is -1.99. The highest BCUT2D eigenvalue weighted by Crippen LogP contribution is 2.34. The average Bonchev–Trinajstić information content (AvgIpc) is 3.91. The number of carbonyl (C=O) groups is 4. The topological polar surface area (TPSA) is 172 Å². The highest BCUT2D eigenvalue weighted by Gasteiger charge is 2.25. The Labute approximate surface area is 319 Å². The molecule has 3 aromatic carbocycles. The molecule has 0 aliphatic carbocycles. The van der Waals surface area contributed by atoms with Gasteiger partial charge >= 0.3 is 0 Å². The van der Waals surface area contributed by atoms with E-state index in [0.717, 1.165) is 62.0 Å². The van der Waals surface area contributed by atoms with Crippen molar-refractivity contribution >= 4 is 120 Å². The predicted molar refractivity (Wildman–Crippen MR) is 213 cm³/mol. The summed E-state index contributed by atoms with van der Waals surface area (Å²) in [4.78, 5) is 55.5. The Balaban J connectivity index is 0.000000123. The number of ether oxygens (including phenoxy) is 2. The summed E-state index contributed by atoms with van der Waals surface area (Å²) in [5.74, 6) is 0.687. The number of pyridine rings is 2. The fourth-order valence-electron chi connectivity index (χ4n) is 5.11. The van der Waals surface area contributed by atoms with Gasteiger partial charge in [-0.15, -0.1) is 0 Å². The van der Waals surface area contributed by atoms with Crippen molar-refractivity contribution in [3.63, 3.8) is 0 Å². The van der Waals surface area contributed by atoms with Crippen LogP contribution in [0, 0.1) is 5.41 Å². The minimum Gasteiger partial charge on any atom is -0.454 e. The van der Waals surface area contributed by atoms with E-state index in [1.807, 2.05) is 78.9 Å². The summed E-state index contributed by atoms with van der Waals surface area (Å²) in [6.45, 7) is 0.231. The number of hydrogen-bond donors (Lipinski definition) is 4. The maximum absolute atomic E-state index is 11.6. The van der Waals surface area contributed by atoms with Gasteiger partial charge in [-0.3, -0.25) is 39.9 Å². The van der Waals surface area contributed by atoms with Crippen LogP contribution in [0.25, 0.3) is 40.0 Å². The van der Waals surface area contributed by atoms with E-state index >= 15 is 0 Å². The molecule has 4 aliphatic heterocycles. The standard InChI is InChI=1S/C13H8N2O2S.C13H8N2OS2.C11H8N2O3S/c2*16-12-11(18-13(17)15-12)7-8-3-4-10-9(6-8)2-1-5-14-10;12-11-13-10(14)9(17-11)4-6-1-2-7-8(3-6)16-5-15-7/h2*1-7H,(H,15,16,17);1-4H,5H2,(H2,12,13,14). The number of benzene rings is 3. The van der Waals surface area contributed by atoms with Gasteiger partial charge in [0.15, 0.2) is 16.7 Å². The first-order valence-corrected chi connectivity index (χ1v) is 18.4. The summed E-state index contributed by atoms with van der Waals surface area (Å²) in [7, 11) is 0. The SMILES string of the molecule is N=C1NC(=O)C(=Cc2ccc3c(c2)OCO3)S1.O=C1NC(=O)C(=Cc2ccc3ncccc3c2)S1.O=C1NC(=S)SC1=Cc1ccc2ncccc2c1. The summed E-state index contributed by atoms with van der Waals surface area (Å²) < 4.78 is 11.0. The third-order valence-corrected chi connectivity index (χ3v) is 10.3. The molecule has 0 spiro atoms. The van der Waals surface area contributed by atoms with Gasteiger partial charge < -0.3 is 20.1 Å². The van der Waals surface area contributed by atoms with Gasteiger partial charge in [0, 0.05) is 23.2 Å². The Morgan fingerprint density at radius 2 is 1.15 bits per heavy atom. The molecule has 12 nitrogen and oxygen atoms in total. The summed E-state index contributed by atoms with van der Waals surface area (Å²) in [5.41, 5.74) is 4.54.